The monoisotopic (exact) mass is 358 g/mol. The molecule has 0 bridgehead atoms. The van der Waals surface area contributed by atoms with Gasteiger partial charge in [-0.1, -0.05) is 15.9 Å². The van der Waals surface area contributed by atoms with Crippen LogP contribution < -0.4 is 10.5 Å². The molecular formula is C13H12BrFN2O2S. The smallest absolute Gasteiger partial charge is 0.262 e. The lowest BCUT2D eigenvalue weighted by Gasteiger charge is -2.11. The van der Waals surface area contributed by atoms with Gasteiger partial charge in [0.1, 0.15) is 5.82 Å². The van der Waals surface area contributed by atoms with Crippen LogP contribution in [0.1, 0.15) is 5.56 Å². The average Bonchev–Trinajstić information content (AvgIpc) is 2.36. The molecular weight excluding hydrogens is 347 g/mol. The van der Waals surface area contributed by atoms with Crippen LogP contribution in [0, 0.1) is 12.7 Å². The van der Waals surface area contributed by atoms with E-state index in [9.17, 15) is 12.8 Å². The van der Waals surface area contributed by atoms with E-state index in [2.05, 4.69) is 20.7 Å². The Balaban J connectivity index is 2.43. The largest absolute Gasteiger partial charge is 0.399 e. The molecule has 0 heterocycles. The molecule has 0 aliphatic heterocycles. The van der Waals surface area contributed by atoms with Gasteiger partial charge in [-0.15, -0.1) is 0 Å². The molecule has 20 heavy (non-hydrogen) atoms. The van der Waals surface area contributed by atoms with Gasteiger partial charge in [0.05, 0.1) is 4.90 Å². The lowest BCUT2D eigenvalue weighted by atomic mass is 10.2. The first-order chi connectivity index (χ1) is 9.29. The highest BCUT2D eigenvalue weighted by Gasteiger charge is 2.20. The second-order valence-corrected chi connectivity index (χ2v) is 6.80. The zero-order chi connectivity index (χ0) is 14.9. The lowest BCUT2D eigenvalue weighted by molar-refractivity contribution is 0.591. The molecule has 0 atom stereocenters. The van der Waals surface area contributed by atoms with Gasteiger partial charge in [-0.3, -0.25) is 4.72 Å². The topological polar surface area (TPSA) is 72.2 Å². The van der Waals surface area contributed by atoms with Crippen molar-refractivity contribution in [2.75, 3.05) is 10.5 Å². The van der Waals surface area contributed by atoms with Gasteiger partial charge in [0, 0.05) is 21.4 Å². The summed E-state index contributed by atoms with van der Waals surface area (Å²) in [4.78, 5) is -0.169. The Morgan fingerprint density at radius 2 is 1.80 bits per heavy atom. The first-order valence-corrected chi connectivity index (χ1v) is 7.91. The van der Waals surface area contributed by atoms with Crippen molar-refractivity contribution in [1.82, 2.24) is 0 Å². The molecule has 2 aromatic rings. The van der Waals surface area contributed by atoms with Gasteiger partial charge < -0.3 is 5.73 Å². The summed E-state index contributed by atoms with van der Waals surface area (Å²) in [5.41, 5.74) is 5.98. The molecule has 0 aliphatic carbocycles. The summed E-state index contributed by atoms with van der Waals surface area (Å²) in [6.45, 7) is 1.39. The molecule has 0 aromatic heterocycles. The molecule has 0 spiro atoms. The minimum Gasteiger partial charge on any atom is -0.399 e. The molecule has 0 unspecified atom stereocenters. The number of hydrogen-bond donors (Lipinski definition) is 2. The molecule has 0 fully saturated rings. The van der Waals surface area contributed by atoms with Crippen molar-refractivity contribution in [3.8, 4) is 0 Å². The summed E-state index contributed by atoms with van der Waals surface area (Å²) in [6, 6.07) is 8.92. The van der Waals surface area contributed by atoms with Crippen LogP contribution in [0.5, 0.6) is 0 Å². The van der Waals surface area contributed by atoms with Gasteiger partial charge in [-0.25, -0.2) is 12.8 Å². The van der Waals surface area contributed by atoms with E-state index in [-0.39, 0.29) is 16.1 Å². The third kappa shape index (κ3) is 3.10. The Morgan fingerprint density at radius 3 is 2.40 bits per heavy atom. The van der Waals surface area contributed by atoms with E-state index in [1.54, 1.807) is 24.3 Å². The van der Waals surface area contributed by atoms with E-state index in [0.717, 1.165) is 10.5 Å². The third-order valence-corrected chi connectivity index (χ3v) is 4.74. The predicted octanol–water partition coefficient (Wildman–Crippen LogP) is 3.28. The molecule has 7 heteroatoms. The second kappa shape index (κ2) is 5.41. The molecule has 2 rings (SSSR count). The normalized spacial score (nSPS) is 11.3. The second-order valence-electron chi connectivity index (χ2n) is 4.24. The van der Waals surface area contributed by atoms with E-state index in [4.69, 9.17) is 5.73 Å². The van der Waals surface area contributed by atoms with Crippen molar-refractivity contribution in [1.29, 1.82) is 0 Å². The molecule has 0 amide bonds. The quantitative estimate of drug-likeness (QED) is 0.827. The maximum Gasteiger partial charge on any atom is 0.262 e. The molecule has 4 nitrogen and oxygen atoms in total. The van der Waals surface area contributed by atoms with Gasteiger partial charge in [-0.05, 0) is 43.3 Å². The van der Waals surface area contributed by atoms with Gasteiger partial charge in [0.2, 0.25) is 0 Å². The fourth-order valence-electron chi connectivity index (χ4n) is 1.68. The number of sulfonamides is 1. The number of nitrogen functional groups attached to an aromatic ring is 1. The predicted molar refractivity (Wildman–Crippen MR) is 80.5 cm³/mol. The highest BCUT2D eigenvalue weighted by atomic mass is 79.9. The van der Waals surface area contributed by atoms with Crippen LogP contribution >= 0.6 is 15.9 Å². The molecule has 0 radical (unpaired) electrons. The van der Waals surface area contributed by atoms with Crippen molar-refractivity contribution in [2.45, 2.75) is 11.8 Å². The minimum atomic E-state index is -3.89. The SMILES string of the molecule is Cc1c(F)cc(N)cc1S(=O)(=O)Nc1ccc(Br)cc1. The van der Waals surface area contributed by atoms with E-state index in [0.29, 0.717) is 5.69 Å². The highest BCUT2D eigenvalue weighted by Crippen LogP contribution is 2.24. The van der Waals surface area contributed by atoms with Crippen molar-refractivity contribution < 1.29 is 12.8 Å². The van der Waals surface area contributed by atoms with E-state index >= 15 is 0 Å². The fourth-order valence-corrected chi connectivity index (χ4v) is 3.29. The van der Waals surface area contributed by atoms with Gasteiger partial charge in [0.15, 0.2) is 0 Å². The van der Waals surface area contributed by atoms with Crippen LogP contribution in [0.15, 0.2) is 45.8 Å². The minimum absolute atomic E-state index is 0.0313. The number of benzene rings is 2. The summed E-state index contributed by atoms with van der Waals surface area (Å²) in [5.74, 6) is -0.652. The third-order valence-electron chi connectivity index (χ3n) is 2.70. The van der Waals surface area contributed by atoms with Crippen LogP contribution in [0.4, 0.5) is 15.8 Å². The van der Waals surface area contributed by atoms with Crippen LogP contribution in [0.25, 0.3) is 0 Å². The Kier molecular flexibility index (Phi) is 4.01. The molecule has 106 valence electrons. The number of halogens is 2. The Labute approximate surface area is 125 Å². The Morgan fingerprint density at radius 1 is 1.20 bits per heavy atom. The van der Waals surface area contributed by atoms with Crippen molar-refractivity contribution >= 4 is 37.3 Å². The lowest BCUT2D eigenvalue weighted by Crippen LogP contribution is -2.15. The van der Waals surface area contributed by atoms with Gasteiger partial charge in [0.25, 0.3) is 10.0 Å². The van der Waals surface area contributed by atoms with Crippen molar-refractivity contribution in [3.63, 3.8) is 0 Å². The van der Waals surface area contributed by atoms with E-state index in [1.165, 1.54) is 13.0 Å². The Bertz CT molecular complexity index is 746. The molecule has 3 N–H and O–H groups in total. The first-order valence-electron chi connectivity index (χ1n) is 5.63. The van der Waals surface area contributed by atoms with Gasteiger partial charge >= 0.3 is 0 Å². The standard InChI is InChI=1S/C13H12BrFN2O2S/c1-8-12(15)6-10(16)7-13(8)20(18,19)17-11-4-2-9(14)3-5-11/h2-7,17H,16H2,1H3. The number of hydrogen-bond acceptors (Lipinski definition) is 3. The summed E-state index contributed by atoms with van der Waals surface area (Å²) < 4.78 is 41.3. The van der Waals surface area contributed by atoms with E-state index < -0.39 is 15.8 Å². The van der Waals surface area contributed by atoms with Crippen LogP contribution in [0.2, 0.25) is 0 Å². The fraction of sp³-hybridized carbons (Fsp3) is 0.0769. The van der Waals surface area contributed by atoms with Crippen molar-refractivity contribution in [2.24, 2.45) is 0 Å². The van der Waals surface area contributed by atoms with Crippen LogP contribution in [-0.4, -0.2) is 8.42 Å². The molecule has 2 aromatic carbocycles. The van der Waals surface area contributed by atoms with Crippen molar-refractivity contribution in [3.05, 3.63) is 52.3 Å². The van der Waals surface area contributed by atoms with Crippen LogP contribution in [-0.2, 0) is 10.0 Å². The molecule has 0 saturated heterocycles. The van der Waals surface area contributed by atoms with Gasteiger partial charge in [-0.2, -0.15) is 0 Å². The van der Waals surface area contributed by atoms with E-state index in [1.807, 2.05) is 0 Å². The maximum absolute atomic E-state index is 13.6. The maximum atomic E-state index is 13.6. The summed E-state index contributed by atoms with van der Waals surface area (Å²) >= 11 is 3.26. The van der Waals surface area contributed by atoms with Crippen LogP contribution in [0.3, 0.4) is 0 Å². The highest BCUT2D eigenvalue weighted by molar-refractivity contribution is 9.10. The summed E-state index contributed by atoms with van der Waals surface area (Å²) in [6.07, 6.45) is 0. The molecule has 0 saturated carbocycles. The summed E-state index contributed by atoms with van der Waals surface area (Å²) in [5, 5.41) is 0. The zero-order valence-electron chi connectivity index (χ0n) is 10.5. The number of rotatable bonds is 3. The first kappa shape index (κ1) is 14.8. The number of anilines is 2. The average molecular weight is 359 g/mol. The summed E-state index contributed by atoms with van der Waals surface area (Å²) in [7, 11) is -3.89. The number of nitrogens with two attached hydrogens (primary N) is 1. The number of nitrogens with one attached hydrogen (secondary N) is 1. The Hall–Kier alpha value is -1.60. The zero-order valence-corrected chi connectivity index (χ0v) is 12.9. The molecule has 0 aliphatic rings.